The van der Waals surface area contributed by atoms with E-state index in [-0.39, 0.29) is 11.3 Å². The number of nitrogens with one attached hydrogen (secondary N) is 1. The van der Waals surface area contributed by atoms with E-state index in [0.717, 1.165) is 16.3 Å². The van der Waals surface area contributed by atoms with Gasteiger partial charge in [0.15, 0.2) is 0 Å². The Morgan fingerprint density at radius 1 is 1.47 bits per heavy atom. The Kier molecular flexibility index (Phi) is 5.63. The fraction of sp³-hybridized carbons (Fsp3) is 0.400. The monoisotopic (exact) mass is 278 g/mol. The Hall–Kier alpha value is -1.26. The number of hydrogen-bond donors (Lipinski definition) is 2. The van der Waals surface area contributed by atoms with Gasteiger partial charge in [-0.3, -0.25) is 4.79 Å². The van der Waals surface area contributed by atoms with Crippen LogP contribution in [0.1, 0.15) is 20.8 Å². The van der Waals surface area contributed by atoms with E-state index in [2.05, 4.69) is 11.9 Å². The second kappa shape index (κ2) is 6.78. The highest BCUT2D eigenvalue weighted by atomic mass is 32.2. The van der Waals surface area contributed by atoms with Crippen LogP contribution in [0.4, 0.5) is 5.69 Å². The molecule has 3 nitrogen and oxygen atoms in total. The first kappa shape index (κ1) is 15.8. The lowest BCUT2D eigenvalue weighted by atomic mass is 9.87. The van der Waals surface area contributed by atoms with Crippen molar-refractivity contribution < 1.29 is 4.79 Å². The first-order valence-electron chi connectivity index (χ1n) is 6.25. The van der Waals surface area contributed by atoms with Gasteiger partial charge in [0.05, 0.1) is 11.7 Å². The standard InChI is InChI=1S/C15H22N2OS/c1-5-10-19-12-9-7-6-8-11(12)17-14(18)13(16)15(2,3)4/h5-9,13H,1,10,16H2,2-4H3,(H,17,18)/t13-/m1/s1. The summed E-state index contributed by atoms with van der Waals surface area (Å²) in [5, 5.41) is 2.91. The van der Waals surface area contributed by atoms with Crippen LogP contribution in [0.25, 0.3) is 0 Å². The topological polar surface area (TPSA) is 55.1 Å². The molecule has 0 spiro atoms. The highest BCUT2D eigenvalue weighted by Gasteiger charge is 2.27. The average molecular weight is 278 g/mol. The summed E-state index contributed by atoms with van der Waals surface area (Å²) < 4.78 is 0. The Morgan fingerprint density at radius 2 is 2.11 bits per heavy atom. The van der Waals surface area contributed by atoms with Crippen molar-refractivity contribution >= 4 is 23.4 Å². The average Bonchev–Trinajstić information content (AvgIpc) is 2.35. The molecule has 0 saturated heterocycles. The van der Waals surface area contributed by atoms with E-state index in [1.165, 1.54) is 0 Å². The van der Waals surface area contributed by atoms with E-state index in [9.17, 15) is 4.79 Å². The molecule has 0 aliphatic heterocycles. The minimum Gasteiger partial charge on any atom is -0.324 e. The fourth-order valence-electron chi connectivity index (χ4n) is 1.45. The smallest absolute Gasteiger partial charge is 0.241 e. The predicted molar refractivity (Wildman–Crippen MR) is 83.4 cm³/mol. The maximum absolute atomic E-state index is 12.1. The number of anilines is 1. The molecule has 0 heterocycles. The van der Waals surface area contributed by atoms with Crippen LogP contribution in [0.5, 0.6) is 0 Å². The molecule has 4 heteroatoms. The third kappa shape index (κ3) is 4.73. The molecule has 0 fully saturated rings. The minimum absolute atomic E-state index is 0.154. The summed E-state index contributed by atoms with van der Waals surface area (Å²) in [5.41, 5.74) is 6.51. The number of carbonyl (C=O) groups is 1. The van der Waals surface area contributed by atoms with E-state index in [4.69, 9.17) is 5.73 Å². The fourth-order valence-corrected chi connectivity index (χ4v) is 2.20. The molecule has 104 valence electrons. The zero-order valence-electron chi connectivity index (χ0n) is 11.8. The summed E-state index contributed by atoms with van der Waals surface area (Å²) >= 11 is 1.63. The number of thioether (sulfide) groups is 1. The zero-order chi connectivity index (χ0) is 14.5. The molecule has 0 radical (unpaired) electrons. The Balaban J connectivity index is 2.82. The van der Waals surface area contributed by atoms with Crippen molar-refractivity contribution in [2.75, 3.05) is 11.1 Å². The van der Waals surface area contributed by atoms with Crippen LogP contribution in [-0.2, 0) is 4.79 Å². The van der Waals surface area contributed by atoms with Crippen molar-refractivity contribution in [3.05, 3.63) is 36.9 Å². The molecule has 1 rings (SSSR count). The quantitative estimate of drug-likeness (QED) is 0.642. The second-order valence-electron chi connectivity index (χ2n) is 5.43. The molecule has 1 aromatic carbocycles. The van der Waals surface area contributed by atoms with Crippen LogP contribution in [-0.4, -0.2) is 17.7 Å². The summed E-state index contributed by atoms with van der Waals surface area (Å²) in [7, 11) is 0. The lowest BCUT2D eigenvalue weighted by molar-refractivity contribution is -0.119. The van der Waals surface area contributed by atoms with Gasteiger partial charge in [0.25, 0.3) is 0 Å². The number of benzene rings is 1. The first-order valence-corrected chi connectivity index (χ1v) is 7.24. The van der Waals surface area contributed by atoms with Crippen LogP contribution in [0.15, 0.2) is 41.8 Å². The highest BCUT2D eigenvalue weighted by molar-refractivity contribution is 7.99. The molecular weight excluding hydrogens is 256 g/mol. The molecule has 3 N–H and O–H groups in total. The SMILES string of the molecule is C=CCSc1ccccc1NC(=O)[C@@H](N)C(C)(C)C. The molecule has 0 unspecified atom stereocenters. The van der Waals surface area contributed by atoms with Gasteiger partial charge in [-0.15, -0.1) is 18.3 Å². The van der Waals surface area contributed by atoms with Gasteiger partial charge in [0.2, 0.25) is 5.91 Å². The number of rotatable bonds is 5. The van der Waals surface area contributed by atoms with Gasteiger partial charge >= 0.3 is 0 Å². The Bertz CT molecular complexity index is 452. The van der Waals surface area contributed by atoms with Crippen molar-refractivity contribution in [2.24, 2.45) is 11.1 Å². The largest absolute Gasteiger partial charge is 0.324 e. The van der Waals surface area contributed by atoms with E-state index >= 15 is 0 Å². The zero-order valence-corrected chi connectivity index (χ0v) is 12.6. The molecule has 19 heavy (non-hydrogen) atoms. The summed E-state index contributed by atoms with van der Waals surface area (Å²) in [6.07, 6.45) is 1.84. The lowest BCUT2D eigenvalue weighted by Crippen LogP contribution is -2.45. The lowest BCUT2D eigenvalue weighted by Gasteiger charge is -2.26. The number of carbonyl (C=O) groups excluding carboxylic acids is 1. The van der Waals surface area contributed by atoms with Gasteiger partial charge in [-0.25, -0.2) is 0 Å². The molecule has 1 atom stereocenters. The van der Waals surface area contributed by atoms with E-state index < -0.39 is 6.04 Å². The Labute approximate surface area is 119 Å². The van der Waals surface area contributed by atoms with E-state index in [1.54, 1.807) is 11.8 Å². The first-order chi connectivity index (χ1) is 8.86. The summed E-state index contributed by atoms with van der Waals surface area (Å²) in [5.74, 6) is 0.650. The number of nitrogens with two attached hydrogens (primary N) is 1. The number of para-hydroxylation sites is 1. The van der Waals surface area contributed by atoms with Gasteiger partial charge in [-0.05, 0) is 17.5 Å². The molecule has 0 aromatic heterocycles. The van der Waals surface area contributed by atoms with Gasteiger partial charge in [-0.1, -0.05) is 39.0 Å². The van der Waals surface area contributed by atoms with Gasteiger partial charge in [-0.2, -0.15) is 0 Å². The van der Waals surface area contributed by atoms with Crippen LogP contribution in [0.2, 0.25) is 0 Å². The molecule has 1 aromatic rings. The molecular formula is C15H22N2OS. The molecule has 1 amide bonds. The van der Waals surface area contributed by atoms with Gasteiger partial charge in [0, 0.05) is 10.6 Å². The van der Waals surface area contributed by atoms with Crippen molar-refractivity contribution in [3.8, 4) is 0 Å². The van der Waals surface area contributed by atoms with Gasteiger partial charge < -0.3 is 11.1 Å². The van der Waals surface area contributed by atoms with Crippen molar-refractivity contribution in [1.29, 1.82) is 0 Å². The third-order valence-corrected chi connectivity index (χ3v) is 3.79. The number of amides is 1. The highest BCUT2D eigenvalue weighted by Crippen LogP contribution is 2.28. The maximum Gasteiger partial charge on any atom is 0.241 e. The van der Waals surface area contributed by atoms with Crippen molar-refractivity contribution in [2.45, 2.75) is 31.7 Å². The molecule has 0 aliphatic rings. The van der Waals surface area contributed by atoms with Crippen LogP contribution >= 0.6 is 11.8 Å². The predicted octanol–water partition coefficient (Wildman–Crippen LogP) is 3.28. The van der Waals surface area contributed by atoms with E-state index in [1.807, 2.05) is 51.1 Å². The number of hydrogen-bond acceptors (Lipinski definition) is 3. The van der Waals surface area contributed by atoms with E-state index in [0.29, 0.717) is 0 Å². The minimum atomic E-state index is -0.537. The molecule has 0 aliphatic carbocycles. The molecule has 0 bridgehead atoms. The van der Waals surface area contributed by atoms with Gasteiger partial charge in [0.1, 0.15) is 0 Å². The summed E-state index contributed by atoms with van der Waals surface area (Å²) in [6, 6.07) is 7.18. The van der Waals surface area contributed by atoms with Crippen LogP contribution in [0, 0.1) is 5.41 Å². The maximum atomic E-state index is 12.1. The second-order valence-corrected chi connectivity index (χ2v) is 6.49. The van der Waals surface area contributed by atoms with Crippen LogP contribution in [0.3, 0.4) is 0 Å². The van der Waals surface area contributed by atoms with Crippen LogP contribution < -0.4 is 11.1 Å². The summed E-state index contributed by atoms with van der Waals surface area (Å²) in [6.45, 7) is 9.56. The normalized spacial score (nSPS) is 12.8. The van der Waals surface area contributed by atoms with Crippen molar-refractivity contribution in [1.82, 2.24) is 0 Å². The van der Waals surface area contributed by atoms with Crippen molar-refractivity contribution in [3.63, 3.8) is 0 Å². The Morgan fingerprint density at radius 3 is 2.68 bits per heavy atom. The molecule has 0 saturated carbocycles. The third-order valence-electron chi connectivity index (χ3n) is 2.72. The summed E-state index contributed by atoms with van der Waals surface area (Å²) in [4.78, 5) is 13.1.